The monoisotopic (exact) mass is 305 g/mol. The molecule has 2 heterocycles. The van der Waals surface area contributed by atoms with Gasteiger partial charge in [0.25, 0.3) is 0 Å². The van der Waals surface area contributed by atoms with Crippen molar-refractivity contribution in [1.29, 1.82) is 0 Å². The fraction of sp³-hybridized carbons (Fsp3) is 0.765. The number of likely N-dealkylation sites (tertiary alicyclic amines) is 1. The first-order valence-corrected chi connectivity index (χ1v) is 8.52. The van der Waals surface area contributed by atoms with Crippen LogP contribution < -0.4 is 0 Å². The number of carbonyl (C=O) groups is 1. The van der Waals surface area contributed by atoms with Crippen molar-refractivity contribution in [3.05, 3.63) is 18.0 Å². The van der Waals surface area contributed by atoms with Crippen LogP contribution in [0.3, 0.4) is 0 Å². The highest BCUT2D eigenvalue weighted by Crippen LogP contribution is 2.32. The van der Waals surface area contributed by atoms with Gasteiger partial charge in [-0.3, -0.25) is 9.48 Å². The average Bonchev–Trinajstić information content (AvgIpc) is 3.09. The van der Waals surface area contributed by atoms with Gasteiger partial charge in [0.15, 0.2) is 0 Å². The number of aromatic nitrogens is 2. The topological polar surface area (TPSA) is 58.4 Å². The van der Waals surface area contributed by atoms with Crippen molar-refractivity contribution in [3.8, 4) is 0 Å². The molecule has 3 rings (SSSR count). The third kappa shape index (κ3) is 3.69. The second kappa shape index (κ2) is 6.41. The minimum absolute atomic E-state index is 0.137. The van der Waals surface area contributed by atoms with Crippen LogP contribution in [0, 0.1) is 5.92 Å². The standard InChI is InChI=1S/C17H27N3O2/c1-19-12-15(11-18-19)9-14-5-8-20(13-14)16(21)10-17(22)6-3-2-4-7-17/h11-12,14,22H,2-10,13H2,1H3. The molecule has 1 saturated carbocycles. The van der Waals surface area contributed by atoms with E-state index in [1.165, 1.54) is 12.0 Å². The van der Waals surface area contributed by atoms with Crippen LogP contribution in [0.4, 0.5) is 0 Å². The quantitative estimate of drug-likeness (QED) is 0.924. The lowest BCUT2D eigenvalue weighted by molar-refractivity contribution is -0.136. The number of aryl methyl sites for hydroxylation is 1. The number of hydrogen-bond donors (Lipinski definition) is 1. The molecular formula is C17H27N3O2. The molecule has 1 N–H and O–H groups in total. The highest BCUT2D eigenvalue weighted by Gasteiger charge is 2.35. The normalized spacial score (nSPS) is 24.6. The van der Waals surface area contributed by atoms with Crippen LogP contribution in [0.5, 0.6) is 0 Å². The lowest BCUT2D eigenvalue weighted by Crippen LogP contribution is -2.39. The van der Waals surface area contributed by atoms with Gasteiger partial charge < -0.3 is 10.0 Å². The fourth-order valence-corrected chi connectivity index (χ4v) is 3.92. The van der Waals surface area contributed by atoms with Gasteiger partial charge in [0.2, 0.25) is 5.91 Å². The van der Waals surface area contributed by atoms with E-state index in [9.17, 15) is 9.90 Å². The maximum absolute atomic E-state index is 12.5. The zero-order valence-corrected chi connectivity index (χ0v) is 13.5. The van der Waals surface area contributed by atoms with Gasteiger partial charge in [0.1, 0.15) is 0 Å². The van der Waals surface area contributed by atoms with E-state index < -0.39 is 5.60 Å². The van der Waals surface area contributed by atoms with Crippen LogP contribution in [0.25, 0.3) is 0 Å². The van der Waals surface area contributed by atoms with Gasteiger partial charge in [-0.1, -0.05) is 19.3 Å². The zero-order chi connectivity index (χ0) is 15.6. The Labute approximate surface area is 132 Å². The van der Waals surface area contributed by atoms with E-state index in [1.807, 2.05) is 22.8 Å². The number of nitrogens with zero attached hydrogens (tertiary/aromatic N) is 3. The number of hydrogen-bond acceptors (Lipinski definition) is 3. The second-order valence-electron chi connectivity index (χ2n) is 7.18. The Kier molecular flexibility index (Phi) is 4.52. The summed E-state index contributed by atoms with van der Waals surface area (Å²) in [5, 5.41) is 14.7. The van der Waals surface area contributed by atoms with Crippen LogP contribution in [0.1, 0.15) is 50.5 Å². The summed E-state index contributed by atoms with van der Waals surface area (Å²) < 4.78 is 1.83. The molecule has 0 spiro atoms. The summed E-state index contributed by atoms with van der Waals surface area (Å²) in [5.74, 6) is 0.659. The Morgan fingerprint density at radius 2 is 2.18 bits per heavy atom. The minimum atomic E-state index is -0.739. The molecule has 122 valence electrons. The van der Waals surface area contributed by atoms with Crippen LogP contribution in [-0.2, 0) is 18.3 Å². The van der Waals surface area contributed by atoms with Crippen molar-refractivity contribution < 1.29 is 9.90 Å². The highest BCUT2D eigenvalue weighted by atomic mass is 16.3. The summed E-state index contributed by atoms with van der Waals surface area (Å²) in [7, 11) is 1.93. The molecule has 1 unspecified atom stereocenters. The molecule has 1 amide bonds. The first-order chi connectivity index (χ1) is 10.5. The summed E-state index contributed by atoms with van der Waals surface area (Å²) in [6.45, 7) is 1.66. The molecule has 2 fully saturated rings. The summed E-state index contributed by atoms with van der Waals surface area (Å²) in [4.78, 5) is 14.4. The van der Waals surface area contributed by atoms with E-state index in [2.05, 4.69) is 11.3 Å². The largest absolute Gasteiger partial charge is 0.389 e. The summed E-state index contributed by atoms with van der Waals surface area (Å²) >= 11 is 0. The summed E-state index contributed by atoms with van der Waals surface area (Å²) in [6, 6.07) is 0. The smallest absolute Gasteiger partial charge is 0.225 e. The maximum Gasteiger partial charge on any atom is 0.225 e. The van der Waals surface area contributed by atoms with Crippen molar-refractivity contribution in [3.63, 3.8) is 0 Å². The first kappa shape index (κ1) is 15.5. The Balaban J connectivity index is 1.50. The summed E-state index contributed by atoms with van der Waals surface area (Å²) in [5.41, 5.74) is 0.504. The first-order valence-electron chi connectivity index (χ1n) is 8.52. The molecule has 5 heteroatoms. The molecule has 1 aliphatic carbocycles. The van der Waals surface area contributed by atoms with Crippen molar-refractivity contribution in [2.24, 2.45) is 13.0 Å². The summed E-state index contributed by atoms with van der Waals surface area (Å²) in [6.07, 6.45) is 11.2. The van der Waals surface area contributed by atoms with Crippen molar-refractivity contribution in [1.82, 2.24) is 14.7 Å². The van der Waals surface area contributed by atoms with Gasteiger partial charge >= 0.3 is 0 Å². The molecule has 22 heavy (non-hydrogen) atoms. The molecule has 5 nitrogen and oxygen atoms in total. The minimum Gasteiger partial charge on any atom is -0.389 e. The molecule has 1 aliphatic heterocycles. The predicted molar refractivity (Wildman–Crippen MR) is 84.3 cm³/mol. The van der Waals surface area contributed by atoms with E-state index in [-0.39, 0.29) is 5.91 Å². The molecule has 2 aliphatic rings. The van der Waals surface area contributed by atoms with Gasteiger partial charge in [-0.25, -0.2) is 0 Å². The Hall–Kier alpha value is -1.36. The predicted octanol–water partition coefficient (Wildman–Crippen LogP) is 1.90. The van der Waals surface area contributed by atoms with Crippen molar-refractivity contribution in [2.75, 3.05) is 13.1 Å². The van der Waals surface area contributed by atoms with E-state index in [4.69, 9.17) is 0 Å². The molecule has 1 atom stereocenters. The van der Waals surface area contributed by atoms with Crippen molar-refractivity contribution >= 4 is 5.91 Å². The zero-order valence-electron chi connectivity index (χ0n) is 13.5. The number of rotatable bonds is 4. The van der Waals surface area contributed by atoms with Gasteiger partial charge in [-0.15, -0.1) is 0 Å². The highest BCUT2D eigenvalue weighted by molar-refractivity contribution is 5.77. The third-order valence-electron chi connectivity index (χ3n) is 5.19. The van der Waals surface area contributed by atoms with E-state index >= 15 is 0 Å². The van der Waals surface area contributed by atoms with Crippen LogP contribution in [0.15, 0.2) is 12.4 Å². The van der Waals surface area contributed by atoms with Gasteiger partial charge in [0, 0.05) is 26.3 Å². The molecule has 0 bridgehead atoms. The molecule has 0 aromatic carbocycles. The van der Waals surface area contributed by atoms with E-state index in [0.29, 0.717) is 12.3 Å². The van der Waals surface area contributed by atoms with Gasteiger partial charge in [-0.2, -0.15) is 5.10 Å². The van der Waals surface area contributed by atoms with Crippen molar-refractivity contribution in [2.45, 2.75) is 57.0 Å². The van der Waals surface area contributed by atoms with Crippen LogP contribution in [0.2, 0.25) is 0 Å². The lowest BCUT2D eigenvalue weighted by Gasteiger charge is -2.32. The number of carbonyl (C=O) groups excluding carboxylic acids is 1. The molecular weight excluding hydrogens is 278 g/mol. The number of aliphatic hydroxyl groups is 1. The molecule has 1 aromatic heterocycles. The SMILES string of the molecule is Cn1cc(CC2CCN(C(=O)CC3(O)CCCCC3)C2)cn1. The molecule has 0 radical (unpaired) electrons. The third-order valence-corrected chi connectivity index (χ3v) is 5.19. The van der Waals surface area contributed by atoms with Crippen LogP contribution in [-0.4, -0.2) is 44.4 Å². The maximum atomic E-state index is 12.5. The van der Waals surface area contributed by atoms with E-state index in [1.54, 1.807) is 0 Å². The Morgan fingerprint density at radius 1 is 1.41 bits per heavy atom. The Bertz CT molecular complexity index is 520. The van der Waals surface area contributed by atoms with Crippen LogP contribution >= 0.6 is 0 Å². The average molecular weight is 305 g/mol. The Morgan fingerprint density at radius 3 is 2.86 bits per heavy atom. The van der Waals surface area contributed by atoms with Gasteiger partial charge in [-0.05, 0) is 37.2 Å². The lowest BCUT2D eigenvalue weighted by atomic mass is 9.82. The molecule has 1 aromatic rings. The number of amides is 1. The molecule has 1 saturated heterocycles. The van der Waals surface area contributed by atoms with Gasteiger partial charge in [0.05, 0.1) is 18.2 Å². The van der Waals surface area contributed by atoms with E-state index in [0.717, 1.165) is 51.6 Å². The fourth-order valence-electron chi connectivity index (χ4n) is 3.92. The second-order valence-corrected chi connectivity index (χ2v) is 7.18.